The van der Waals surface area contributed by atoms with Gasteiger partial charge in [-0.1, -0.05) is 42.5 Å². The van der Waals surface area contributed by atoms with Crippen LogP contribution < -0.4 is 10.1 Å². The van der Waals surface area contributed by atoms with E-state index in [0.29, 0.717) is 0 Å². The summed E-state index contributed by atoms with van der Waals surface area (Å²) in [5.74, 6) is -0.519. The molecule has 9 heteroatoms. The van der Waals surface area contributed by atoms with Gasteiger partial charge in [0.25, 0.3) is 15.9 Å². The van der Waals surface area contributed by atoms with E-state index < -0.39 is 15.9 Å². The van der Waals surface area contributed by atoms with Crippen molar-refractivity contribution >= 4 is 61.0 Å². The van der Waals surface area contributed by atoms with Gasteiger partial charge >= 0.3 is 0 Å². The molecular formula is C26H22N4O3S2. The average Bonchev–Trinajstić information content (AvgIpc) is 3.51. The molecule has 0 atom stereocenters. The Bertz CT molecular complexity index is 1670. The molecule has 0 aliphatic carbocycles. The van der Waals surface area contributed by atoms with Crippen molar-refractivity contribution in [3.8, 4) is 0 Å². The number of carbonyl (C=O) groups is 1. The lowest BCUT2D eigenvalue weighted by Gasteiger charge is -2.10. The Labute approximate surface area is 206 Å². The number of aryl methyl sites for hydroxylation is 1. The number of amides is 1. The van der Waals surface area contributed by atoms with Gasteiger partial charge in [-0.3, -0.25) is 9.52 Å². The Morgan fingerprint density at radius 1 is 0.971 bits per heavy atom. The number of aromatic nitrogens is 1. The van der Waals surface area contributed by atoms with E-state index in [1.165, 1.54) is 11.6 Å². The number of fused-ring (bicyclic) bond motifs is 3. The van der Waals surface area contributed by atoms with Gasteiger partial charge in [0.15, 0.2) is 0 Å². The minimum absolute atomic E-state index is 0.172. The van der Waals surface area contributed by atoms with Crippen molar-refractivity contribution in [2.45, 2.75) is 17.7 Å². The first-order valence-corrected chi connectivity index (χ1v) is 13.3. The number of hydrogen-bond acceptors (Lipinski definition) is 5. The lowest BCUT2D eigenvalue weighted by molar-refractivity contribution is 0.0956. The molecule has 0 spiro atoms. The molecule has 7 nitrogen and oxygen atoms in total. The standard InChI is InChI=1S/C26H22N4O3S2/c1-2-30-23-11-6-4-8-19(23)21-16-18(13-14-24(21)30)17-27-28-26(31)20-9-3-5-10-22(20)29-35(32,33)25-12-7-15-34-25/h3-17,29H,2H2,1H3,(H,28,31)/b27-17-. The van der Waals surface area contributed by atoms with Crippen LogP contribution >= 0.6 is 11.3 Å². The minimum Gasteiger partial charge on any atom is -0.341 e. The zero-order chi connectivity index (χ0) is 24.4. The highest BCUT2D eigenvalue weighted by Crippen LogP contribution is 2.29. The van der Waals surface area contributed by atoms with Crippen molar-refractivity contribution in [1.29, 1.82) is 0 Å². The fourth-order valence-electron chi connectivity index (χ4n) is 4.10. The topological polar surface area (TPSA) is 92.6 Å². The largest absolute Gasteiger partial charge is 0.341 e. The van der Waals surface area contributed by atoms with Gasteiger partial charge in [0.1, 0.15) is 4.21 Å². The Balaban J connectivity index is 1.37. The average molecular weight is 503 g/mol. The number of rotatable bonds is 7. The van der Waals surface area contributed by atoms with E-state index in [1.807, 2.05) is 24.3 Å². The monoisotopic (exact) mass is 502 g/mol. The first-order chi connectivity index (χ1) is 17.0. The number of para-hydroxylation sites is 2. The first-order valence-electron chi connectivity index (χ1n) is 11.0. The summed E-state index contributed by atoms with van der Waals surface area (Å²) in [6, 6.07) is 23.9. The number of nitrogens with one attached hydrogen (secondary N) is 2. The Morgan fingerprint density at radius 2 is 1.74 bits per heavy atom. The summed E-state index contributed by atoms with van der Waals surface area (Å²) in [5.41, 5.74) is 6.01. The smallest absolute Gasteiger partial charge is 0.273 e. The molecule has 2 heterocycles. The number of hydrogen-bond donors (Lipinski definition) is 2. The molecule has 0 radical (unpaired) electrons. The second-order valence-corrected chi connectivity index (χ2v) is 10.7. The number of anilines is 1. The van der Waals surface area contributed by atoms with Crippen molar-refractivity contribution in [3.63, 3.8) is 0 Å². The van der Waals surface area contributed by atoms with Gasteiger partial charge in [0, 0.05) is 28.4 Å². The Kier molecular flexibility index (Phi) is 6.10. The van der Waals surface area contributed by atoms with E-state index in [2.05, 4.69) is 44.9 Å². The summed E-state index contributed by atoms with van der Waals surface area (Å²) in [6.07, 6.45) is 1.58. The van der Waals surface area contributed by atoms with Gasteiger partial charge in [-0.2, -0.15) is 5.10 Å². The molecular weight excluding hydrogens is 480 g/mol. The number of hydrazone groups is 1. The van der Waals surface area contributed by atoms with Crippen LogP contribution in [0.1, 0.15) is 22.8 Å². The number of sulfonamides is 1. The van der Waals surface area contributed by atoms with E-state index in [-0.39, 0.29) is 15.5 Å². The SMILES string of the molecule is CCn1c2ccccc2c2cc(/C=N\NC(=O)c3ccccc3NS(=O)(=O)c3cccs3)ccc21. The van der Waals surface area contributed by atoms with Gasteiger partial charge < -0.3 is 4.57 Å². The third-order valence-corrected chi connectivity index (χ3v) is 8.43. The zero-order valence-corrected chi connectivity index (χ0v) is 20.4. The molecule has 0 aliphatic rings. The van der Waals surface area contributed by atoms with Crippen molar-refractivity contribution in [1.82, 2.24) is 9.99 Å². The molecule has 0 saturated carbocycles. The van der Waals surface area contributed by atoms with Crippen LogP contribution in [0.15, 0.2) is 93.6 Å². The van der Waals surface area contributed by atoms with Gasteiger partial charge in [0.05, 0.1) is 17.5 Å². The third kappa shape index (κ3) is 4.43. The van der Waals surface area contributed by atoms with Crippen LogP contribution in [0.5, 0.6) is 0 Å². The van der Waals surface area contributed by atoms with Crippen LogP contribution in [0, 0.1) is 0 Å². The summed E-state index contributed by atoms with van der Waals surface area (Å²) in [4.78, 5) is 12.8. The summed E-state index contributed by atoms with van der Waals surface area (Å²) in [5, 5.41) is 8.07. The molecule has 0 fully saturated rings. The second kappa shape index (κ2) is 9.36. The predicted octanol–water partition coefficient (Wildman–Crippen LogP) is 5.44. The number of thiophene rings is 1. The fraction of sp³-hybridized carbons (Fsp3) is 0.0769. The maximum atomic E-state index is 12.8. The summed E-state index contributed by atoms with van der Waals surface area (Å²) >= 11 is 1.10. The van der Waals surface area contributed by atoms with Crippen LogP contribution in [0.3, 0.4) is 0 Å². The van der Waals surface area contributed by atoms with Gasteiger partial charge in [-0.15, -0.1) is 11.3 Å². The third-order valence-electron chi connectivity index (χ3n) is 5.67. The Morgan fingerprint density at radius 3 is 2.54 bits per heavy atom. The fourth-order valence-corrected chi connectivity index (χ4v) is 6.17. The highest BCUT2D eigenvalue weighted by atomic mass is 32.2. The van der Waals surface area contributed by atoms with Crippen LogP contribution in [-0.4, -0.2) is 25.1 Å². The zero-order valence-electron chi connectivity index (χ0n) is 18.8. The lowest BCUT2D eigenvalue weighted by atomic mass is 10.1. The van der Waals surface area contributed by atoms with E-state index >= 15 is 0 Å². The van der Waals surface area contributed by atoms with E-state index in [1.54, 1.807) is 41.9 Å². The molecule has 0 aliphatic heterocycles. The number of carbonyl (C=O) groups excluding carboxylic acids is 1. The normalized spacial score (nSPS) is 11.9. The molecule has 1 amide bonds. The number of benzene rings is 3. The maximum absolute atomic E-state index is 12.8. The van der Waals surface area contributed by atoms with Crippen molar-refractivity contribution in [3.05, 3.63) is 95.4 Å². The Hall–Kier alpha value is -3.95. The van der Waals surface area contributed by atoms with Crippen LogP contribution in [0.2, 0.25) is 0 Å². The van der Waals surface area contributed by atoms with Gasteiger partial charge in [-0.25, -0.2) is 13.8 Å². The highest BCUT2D eigenvalue weighted by molar-refractivity contribution is 7.94. The highest BCUT2D eigenvalue weighted by Gasteiger charge is 2.19. The summed E-state index contributed by atoms with van der Waals surface area (Å²) in [6.45, 7) is 2.98. The number of nitrogens with zero attached hydrogens (tertiary/aromatic N) is 2. The van der Waals surface area contributed by atoms with E-state index in [0.717, 1.165) is 39.7 Å². The van der Waals surface area contributed by atoms with Crippen LogP contribution in [0.4, 0.5) is 5.69 Å². The van der Waals surface area contributed by atoms with Gasteiger partial charge in [-0.05, 0) is 54.3 Å². The molecule has 176 valence electrons. The maximum Gasteiger partial charge on any atom is 0.273 e. The summed E-state index contributed by atoms with van der Waals surface area (Å²) in [7, 11) is -3.78. The first kappa shape index (κ1) is 22.8. The molecule has 2 aromatic heterocycles. The van der Waals surface area contributed by atoms with E-state index in [4.69, 9.17) is 0 Å². The molecule has 5 aromatic rings. The molecule has 35 heavy (non-hydrogen) atoms. The van der Waals surface area contributed by atoms with Gasteiger partial charge in [0.2, 0.25) is 0 Å². The molecule has 3 aromatic carbocycles. The molecule has 0 bridgehead atoms. The predicted molar refractivity (Wildman–Crippen MR) is 142 cm³/mol. The molecule has 2 N–H and O–H groups in total. The lowest BCUT2D eigenvalue weighted by Crippen LogP contribution is -2.21. The second-order valence-electron chi connectivity index (χ2n) is 7.82. The van der Waals surface area contributed by atoms with Crippen molar-refractivity contribution in [2.75, 3.05) is 4.72 Å². The molecule has 0 unspecified atom stereocenters. The summed E-state index contributed by atoms with van der Waals surface area (Å²) < 4.78 is 30.1. The van der Waals surface area contributed by atoms with E-state index in [9.17, 15) is 13.2 Å². The van der Waals surface area contributed by atoms with Crippen molar-refractivity contribution < 1.29 is 13.2 Å². The quantitative estimate of drug-likeness (QED) is 0.229. The minimum atomic E-state index is -3.78. The van der Waals surface area contributed by atoms with Crippen LogP contribution in [-0.2, 0) is 16.6 Å². The van der Waals surface area contributed by atoms with Crippen LogP contribution in [0.25, 0.3) is 21.8 Å². The molecule has 0 saturated heterocycles. The molecule has 5 rings (SSSR count). The van der Waals surface area contributed by atoms with Crippen molar-refractivity contribution in [2.24, 2.45) is 5.10 Å².